The van der Waals surface area contributed by atoms with Crippen molar-refractivity contribution in [3.8, 4) is 16.3 Å². The molecule has 0 saturated carbocycles. The third-order valence-corrected chi connectivity index (χ3v) is 6.87. The number of hydrogen-bond donors (Lipinski definition) is 2. The van der Waals surface area contributed by atoms with E-state index < -0.39 is 6.10 Å². The Kier molecular flexibility index (Phi) is 12.2. The number of carbonyl (C=O) groups excluding carboxylic acids is 1. The molecule has 38 heavy (non-hydrogen) atoms. The van der Waals surface area contributed by atoms with Gasteiger partial charge in [0, 0.05) is 24.1 Å². The zero-order valence-corrected chi connectivity index (χ0v) is 24.3. The first-order chi connectivity index (χ1) is 18.1. The first-order valence-corrected chi connectivity index (χ1v) is 13.5. The van der Waals surface area contributed by atoms with Crippen LogP contribution in [0, 0.1) is 13.8 Å². The Balaban J connectivity index is 0.00000161. The number of methoxy groups -OCH3 is 1. The first kappa shape index (κ1) is 30.8. The molecule has 7 heteroatoms. The fourth-order valence-electron chi connectivity index (χ4n) is 3.83. The van der Waals surface area contributed by atoms with Gasteiger partial charge in [-0.05, 0) is 70.9 Å². The van der Waals surface area contributed by atoms with Crippen LogP contribution in [0.3, 0.4) is 0 Å². The lowest BCUT2D eigenvalue weighted by atomic mass is 9.97. The van der Waals surface area contributed by atoms with Crippen LogP contribution < -0.4 is 10.1 Å². The molecule has 3 rings (SSSR count). The van der Waals surface area contributed by atoms with E-state index in [1.54, 1.807) is 26.2 Å². The minimum Gasteiger partial charge on any atom is -0.510 e. The van der Waals surface area contributed by atoms with Crippen molar-refractivity contribution >= 4 is 17.2 Å². The number of nitrogens with zero attached hydrogens (tertiary/aromatic N) is 1. The van der Waals surface area contributed by atoms with Gasteiger partial charge in [0.05, 0.1) is 18.9 Å². The molecule has 0 radical (unpaired) electrons. The Bertz CT molecular complexity index is 1230. The Morgan fingerprint density at radius 3 is 2.39 bits per heavy atom. The van der Waals surface area contributed by atoms with E-state index in [4.69, 9.17) is 9.47 Å². The predicted molar refractivity (Wildman–Crippen MR) is 157 cm³/mol. The van der Waals surface area contributed by atoms with Crippen molar-refractivity contribution in [2.75, 3.05) is 7.11 Å². The average Bonchev–Trinajstić information content (AvgIpc) is 3.30. The summed E-state index contributed by atoms with van der Waals surface area (Å²) in [5, 5.41) is 14.2. The summed E-state index contributed by atoms with van der Waals surface area (Å²) in [5.74, 6) is 0.742. The number of benzene rings is 2. The maximum Gasteiger partial charge on any atom is 0.263 e. The lowest BCUT2D eigenvalue weighted by Gasteiger charge is -2.22. The molecule has 6 nitrogen and oxygen atoms in total. The van der Waals surface area contributed by atoms with Crippen molar-refractivity contribution in [1.82, 2.24) is 10.3 Å². The summed E-state index contributed by atoms with van der Waals surface area (Å²) in [6, 6.07) is 13.8. The molecule has 0 aliphatic heterocycles. The highest BCUT2D eigenvalue weighted by atomic mass is 32.1. The van der Waals surface area contributed by atoms with Crippen LogP contribution in [-0.2, 0) is 17.7 Å². The summed E-state index contributed by atoms with van der Waals surface area (Å²) in [4.78, 5) is 18.2. The van der Waals surface area contributed by atoms with E-state index in [9.17, 15) is 9.90 Å². The first-order valence-electron chi connectivity index (χ1n) is 12.7. The standard InChI is InChI=1S/C28H34N2O4S.C3H6/c1-7-23(31)25(34-17(2)3)15-21-14-22(24(33-6)13-18(21)4)16-29-27(32)26-19(5)30-28(35-26)20-11-9-8-10-12-20;1-3-2/h7-14,17,25,31H,15-16H2,1-6H3,(H,29,32);3H,1H2,2H3/b23-7-;. The number of hydrogen-bond acceptors (Lipinski definition) is 6. The molecule has 0 aliphatic rings. The van der Waals surface area contributed by atoms with Gasteiger partial charge < -0.3 is 19.9 Å². The molecule has 0 saturated heterocycles. The molecule has 0 bridgehead atoms. The monoisotopic (exact) mass is 536 g/mol. The van der Waals surface area contributed by atoms with E-state index in [1.807, 2.05) is 77.1 Å². The van der Waals surface area contributed by atoms with Crippen LogP contribution in [0.4, 0.5) is 0 Å². The number of nitrogens with one attached hydrogen (secondary N) is 1. The van der Waals surface area contributed by atoms with Gasteiger partial charge >= 0.3 is 0 Å². The smallest absolute Gasteiger partial charge is 0.263 e. The normalized spacial score (nSPS) is 11.9. The molecule has 0 fully saturated rings. The molecular weight excluding hydrogens is 496 g/mol. The van der Waals surface area contributed by atoms with Gasteiger partial charge in [0.25, 0.3) is 5.91 Å². The molecule has 2 N–H and O–H groups in total. The fraction of sp³-hybridized carbons (Fsp3) is 0.355. The maximum absolute atomic E-state index is 13.0. The molecule has 1 aromatic heterocycles. The lowest BCUT2D eigenvalue weighted by Crippen LogP contribution is -2.24. The number of rotatable bonds is 10. The SMILES string of the molecule is C/C=C(\O)C(Cc1cc(CNC(=O)c2sc(-c3ccccc3)nc2C)c(OC)cc1C)OC(C)C.C=CC. The second-order valence-electron chi connectivity index (χ2n) is 9.07. The summed E-state index contributed by atoms with van der Waals surface area (Å²) in [5.41, 5.74) is 4.61. The lowest BCUT2D eigenvalue weighted by molar-refractivity contribution is 0.00718. The number of ether oxygens (including phenoxy) is 2. The van der Waals surface area contributed by atoms with Gasteiger partial charge in [-0.3, -0.25) is 4.79 Å². The number of aliphatic hydroxyl groups is 1. The van der Waals surface area contributed by atoms with Crippen molar-refractivity contribution in [1.29, 1.82) is 0 Å². The van der Waals surface area contributed by atoms with E-state index in [0.29, 0.717) is 29.3 Å². The largest absolute Gasteiger partial charge is 0.510 e. The third kappa shape index (κ3) is 8.57. The highest BCUT2D eigenvalue weighted by molar-refractivity contribution is 7.17. The van der Waals surface area contributed by atoms with Gasteiger partial charge in [-0.15, -0.1) is 17.9 Å². The van der Waals surface area contributed by atoms with E-state index in [1.165, 1.54) is 11.3 Å². The summed E-state index contributed by atoms with van der Waals surface area (Å²) < 4.78 is 11.5. The van der Waals surface area contributed by atoms with Gasteiger partial charge in [0.2, 0.25) is 0 Å². The zero-order valence-electron chi connectivity index (χ0n) is 23.5. The minimum atomic E-state index is -0.439. The van der Waals surface area contributed by atoms with E-state index >= 15 is 0 Å². The van der Waals surface area contributed by atoms with Crippen LogP contribution in [0.1, 0.15) is 59.8 Å². The molecule has 1 heterocycles. The predicted octanol–water partition coefficient (Wildman–Crippen LogP) is 7.36. The van der Waals surface area contributed by atoms with Crippen LogP contribution in [0.25, 0.3) is 10.6 Å². The number of aryl methyl sites for hydroxylation is 2. The second-order valence-corrected chi connectivity index (χ2v) is 10.1. The van der Waals surface area contributed by atoms with Crippen LogP contribution >= 0.6 is 11.3 Å². The Morgan fingerprint density at radius 2 is 1.82 bits per heavy atom. The Labute approximate surface area is 231 Å². The van der Waals surface area contributed by atoms with E-state index in [2.05, 4.69) is 16.9 Å². The number of thiazole rings is 1. The van der Waals surface area contributed by atoms with Crippen molar-refractivity contribution in [2.24, 2.45) is 0 Å². The van der Waals surface area contributed by atoms with Crippen LogP contribution in [0.15, 0.2) is 67.0 Å². The minimum absolute atomic E-state index is 0.0252. The zero-order chi connectivity index (χ0) is 28.2. The van der Waals surface area contributed by atoms with Gasteiger partial charge in [-0.25, -0.2) is 4.98 Å². The van der Waals surface area contributed by atoms with Crippen molar-refractivity contribution in [3.05, 3.63) is 94.2 Å². The van der Waals surface area contributed by atoms with Gasteiger partial charge in [0.15, 0.2) is 0 Å². The van der Waals surface area contributed by atoms with Crippen LogP contribution in [0.2, 0.25) is 0 Å². The van der Waals surface area contributed by atoms with E-state index in [0.717, 1.165) is 27.3 Å². The molecule has 1 atom stereocenters. The average molecular weight is 537 g/mol. The number of amides is 1. The van der Waals surface area contributed by atoms with Crippen LogP contribution in [-0.4, -0.2) is 35.3 Å². The number of aliphatic hydroxyl groups excluding tert-OH is 1. The Morgan fingerprint density at radius 1 is 1.16 bits per heavy atom. The molecule has 1 amide bonds. The second kappa shape index (κ2) is 15.1. The van der Waals surface area contributed by atoms with Gasteiger partial charge in [0.1, 0.15) is 27.5 Å². The highest BCUT2D eigenvalue weighted by Crippen LogP contribution is 2.29. The third-order valence-electron chi connectivity index (χ3n) is 5.67. The summed E-state index contributed by atoms with van der Waals surface area (Å²) in [6.45, 7) is 15.1. The Hall–Kier alpha value is -3.42. The molecule has 2 aromatic carbocycles. The van der Waals surface area contributed by atoms with Crippen molar-refractivity contribution < 1.29 is 19.4 Å². The quantitative estimate of drug-likeness (QED) is 0.209. The highest BCUT2D eigenvalue weighted by Gasteiger charge is 2.20. The van der Waals surface area contributed by atoms with Gasteiger partial charge in [-0.2, -0.15) is 0 Å². The molecule has 1 unspecified atom stereocenters. The summed E-state index contributed by atoms with van der Waals surface area (Å²) >= 11 is 1.39. The molecular formula is C31H40N2O4S. The van der Waals surface area contributed by atoms with E-state index in [-0.39, 0.29) is 17.8 Å². The van der Waals surface area contributed by atoms with Crippen molar-refractivity contribution in [2.45, 2.75) is 66.7 Å². The molecule has 3 aromatic rings. The van der Waals surface area contributed by atoms with Gasteiger partial charge in [-0.1, -0.05) is 36.4 Å². The fourth-order valence-corrected chi connectivity index (χ4v) is 4.82. The maximum atomic E-state index is 13.0. The molecule has 0 spiro atoms. The van der Waals surface area contributed by atoms with Crippen LogP contribution in [0.5, 0.6) is 5.75 Å². The summed E-state index contributed by atoms with van der Waals surface area (Å²) in [7, 11) is 1.62. The van der Waals surface area contributed by atoms with Crippen molar-refractivity contribution in [3.63, 3.8) is 0 Å². The number of allylic oxidation sites excluding steroid dienone is 2. The number of carbonyl (C=O) groups is 1. The topological polar surface area (TPSA) is 80.7 Å². The summed E-state index contributed by atoms with van der Waals surface area (Å²) in [6.07, 6.45) is 3.46. The molecule has 0 aliphatic carbocycles. The molecule has 204 valence electrons. The number of aromatic nitrogens is 1.